The molecule has 2 N–H and O–H groups in total. The minimum absolute atomic E-state index is 0.0101. The number of piperidine rings is 1. The molecule has 0 spiro atoms. The lowest BCUT2D eigenvalue weighted by Gasteiger charge is -2.37. The molecule has 6 heteroatoms. The summed E-state index contributed by atoms with van der Waals surface area (Å²) in [6.07, 6.45) is 9.16. The van der Waals surface area contributed by atoms with Gasteiger partial charge in [-0.3, -0.25) is 14.5 Å². The molecule has 148 valence electrons. The Labute approximate surface area is 158 Å². The summed E-state index contributed by atoms with van der Waals surface area (Å²) in [7, 11) is 0. The molecule has 3 atom stereocenters. The predicted octanol–water partition coefficient (Wildman–Crippen LogP) is 1.36. The molecule has 0 radical (unpaired) electrons. The average Bonchev–Trinajstić information content (AvgIpc) is 3.08. The molecule has 3 aliphatic heterocycles. The Morgan fingerprint density at radius 2 is 1.81 bits per heavy atom. The van der Waals surface area contributed by atoms with E-state index in [4.69, 9.17) is 0 Å². The van der Waals surface area contributed by atoms with E-state index >= 15 is 0 Å². The van der Waals surface area contributed by atoms with E-state index in [1.54, 1.807) is 0 Å². The minimum Gasteiger partial charge on any atom is -0.354 e. The number of amides is 2. The highest BCUT2D eigenvalue weighted by Crippen LogP contribution is 2.19. The van der Waals surface area contributed by atoms with Gasteiger partial charge >= 0.3 is 0 Å². The third-order valence-electron chi connectivity index (χ3n) is 6.32. The van der Waals surface area contributed by atoms with E-state index in [1.165, 1.54) is 25.7 Å². The fraction of sp³-hybridized carbons (Fsp3) is 0.900. The van der Waals surface area contributed by atoms with Gasteiger partial charge in [0.2, 0.25) is 11.8 Å². The number of carbonyl (C=O) groups excluding carboxylic acids is 2. The number of hydrogen-bond donors (Lipinski definition) is 2. The van der Waals surface area contributed by atoms with Gasteiger partial charge in [-0.1, -0.05) is 12.8 Å². The van der Waals surface area contributed by atoms with Crippen molar-refractivity contribution in [1.29, 1.82) is 0 Å². The minimum atomic E-state index is -0.0145. The molecule has 0 bridgehead atoms. The van der Waals surface area contributed by atoms with Gasteiger partial charge in [0.15, 0.2) is 0 Å². The molecule has 3 saturated heterocycles. The second kappa shape index (κ2) is 9.70. The van der Waals surface area contributed by atoms with Gasteiger partial charge in [0.25, 0.3) is 0 Å². The maximum atomic E-state index is 13.0. The van der Waals surface area contributed by atoms with Crippen LogP contribution in [0.3, 0.4) is 0 Å². The maximum Gasteiger partial charge on any atom is 0.239 e. The first-order valence-corrected chi connectivity index (χ1v) is 10.7. The van der Waals surface area contributed by atoms with E-state index < -0.39 is 0 Å². The van der Waals surface area contributed by atoms with Crippen molar-refractivity contribution >= 4 is 11.8 Å². The summed E-state index contributed by atoms with van der Waals surface area (Å²) in [4.78, 5) is 29.6. The van der Waals surface area contributed by atoms with Gasteiger partial charge in [0.1, 0.15) is 0 Å². The molecule has 0 aromatic carbocycles. The van der Waals surface area contributed by atoms with E-state index in [1.807, 2.05) is 4.90 Å². The number of hydrogen-bond acceptors (Lipinski definition) is 4. The molecular weight excluding hydrogens is 328 g/mol. The normalized spacial score (nSPS) is 29.2. The van der Waals surface area contributed by atoms with Gasteiger partial charge in [-0.05, 0) is 71.0 Å². The topological polar surface area (TPSA) is 64.7 Å². The smallest absolute Gasteiger partial charge is 0.239 e. The van der Waals surface area contributed by atoms with Crippen LogP contribution in [-0.4, -0.2) is 73.0 Å². The Bertz CT molecular complexity index is 470. The molecular formula is C20H36N4O2. The molecule has 0 aliphatic carbocycles. The van der Waals surface area contributed by atoms with Gasteiger partial charge in [-0.15, -0.1) is 0 Å². The lowest BCUT2D eigenvalue weighted by Crippen LogP contribution is -2.52. The predicted molar refractivity (Wildman–Crippen MR) is 103 cm³/mol. The van der Waals surface area contributed by atoms with Crippen LogP contribution in [0, 0.1) is 5.92 Å². The Kier molecular flexibility index (Phi) is 7.32. The second-order valence-corrected chi connectivity index (χ2v) is 8.31. The summed E-state index contributed by atoms with van der Waals surface area (Å²) < 4.78 is 0. The number of nitrogens with one attached hydrogen (secondary N) is 2. The summed E-state index contributed by atoms with van der Waals surface area (Å²) in [6, 6.07) is -0.0245. The molecule has 3 fully saturated rings. The fourth-order valence-electron chi connectivity index (χ4n) is 4.61. The van der Waals surface area contributed by atoms with Crippen molar-refractivity contribution < 1.29 is 9.59 Å². The van der Waals surface area contributed by atoms with E-state index in [2.05, 4.69) is 22.5 Å². The monoisotopic (exact) mass is 364 g/mol. The van der Waals surface area contributed by atoms with Crippen LogP contribution >= 0.6 is 0 Å². The SMILES string of the molecule is CC(C(=O)N1CCCC(CNC(=O)C2CCCN2)C1)N1CCCCCC1. The third-order valence-corrected chi connectivity index (χ3v) is 6.32. The van der Waals surface area contributed by atoms with Crippen molar-refractivity contribution in [3.8, 4) is 0 Å². The largest absolute Gasteiger partial charge is 0.354 e. The van der Waals surface area contributed by atoms with Crippen molar-refractivity contribution in [3.63, 3.8) is 0 Å². The summed E-state index contributed by atoms with van der Waals surface area (Å²) >= 11 is 0. The van der Waals surface area contributed by atoms with Crippen molar-refractivity contribution in [2.75, 3.05) is 39.3 Å². The van der Waals surface area contributed by atoms with Crippen LogP contribution in [0.2, 0.25) is 0 Å². The zero-order chi connectivity index (χ0) is 18.4. The average molecular weight is 365 g/mol. The molecule has 3 rings (SSSR count). The summed E-state index contributed by atoms with van der Waals surface area (Å²) in [6.45, 7) is 7.46. The van der Waals surface area contributed by atoms with Crippen LogP contribution in [0.15, 0.2) is 0 Å². The van der Waals surface area contributed by atoms with Crippen molar-refractivity contribution in [3.05, 3.63) is 0 Å². The van der Waals surface area contributed by atoms with Crippen LogP contribution in [0.25, 0.3) is 0 Å². The highest BCUT2D eigenvalue weighted by molar-refractivity contribution is 5.82. The maximum absolute atomic E-state index is 13.0. The summed E-state index contributed by atoms with van der Waals surface area (Å²) in [5.41, 5.74) is 0. The molecule has 2 amide bonds. The third kappa shape index (κ3) is 5.19. The molecule has 0 saturated carbocycles. The van der Waals surface area contributed by atoms with Crippen molar-refractivity contribution in [2.45, 2.75) is 70.4 Å². The standard InChI is InChI=1S/C20H36N4O2/c1-16(23-11-4-2-3-5-12-23)20(26)24-13-7-8-17(15-24)14-22-19(25)18-9-6-10-21-18/h16-18,21H,2-15H2,1H3,(H,22,25). The van der Waals surface area contributed by atoms with E-state index in [-0.39, 0.29) is 23.9 Å². The lowest BCUT2D eigenvalue weighted by molar-refractivity contribution is -0.138. The fourth-order valence-corrected chi connectivity index (χ4v) is 4.61. The van der Waals surface area contributed by atoms with Crippen LogP contribution in [-0.2, 0) is 9.59 Å². The van der Waals surface area contributed by atoms with Crippen LogP contribution in [0.4, 0.5) is 0 Å². The molecule has 0 aromatic rings. The Morgan fingerprint density at radius 3 is 2.50 bits per heavy atom. The van der Waals surface area contributed by atoms with Crippen LogP contribution in [0.5, 0.6) is 0 Å². The van der Waals surface area contributed by atoms with E-state index in [0.717, 1.165) is 58.4 Å². The zero-order valence-corrected chi connectivity index (χ0v) is 16.3. The first-order valence-electron chi connectivity index (χ1n) is 10.7. The Morgan fingerprint density at radius 1 is 1.04 bits per heavy atom. The van der Waals surface area contributed by atoms with Crippen molar-refractivity contribution in [1.82, 2.24) is 20.4 Å². The number of rotatable bonds is 5. The molecule has 0 aromatic heterocycles. The van der Waals surface area contributed by atoms with Gasteiger partial charge in [-0.25, -0.2) is 0 Å². The van der Waals surface area contributed by atoms with Gasteiger partial charge in [-0.2, -0.15) is 0 Å². The first kappa shape index (κ1) is 19.6. The molecule has 3 heterocycles. The Balaban J connectivity index is 1.45. The van der Waals surface area contributed by atoms with Crippen LogP contribution < -0.4 is 10.6 Å². The lowest BCUT2D eigenvalue weighted by atomic mass is 9.97. The highest BCUT2D eigenvalue weighted by Gasteiger charge is 2.30. The van der Waals surface area contributed by atoms with Gasteiger partial charge in [0.05, 0.1) is 12.1 Å². The molecule has 6 nitrogen and oxygen atoms in total. The highest BCUT2D eigenvalue weighted by atomic mass is 16.2. The van der Waals surface area contributed by atoms with E-state index in [9.17, 15) is 9.59 Å². The van der Waals surface area contributed by atoms with Crippen LogP contribution in [0.1, 0.15) is 58.3 Å². The summed E-state index contributed by atoms with van der Waals surface area (Å²) in [5, 5.41) is 6.35. The second-order valence-electron chi connectivity index (χ2n) is 8.31. The first-order chi connectivity index (χ1) is 12.6. The molecule has 3 aliphatic rings. The molecule has 26 heavy (non-hydrogen) atoms. The zero-order valence-electron chi connectivity index (χ0n) is 16.3. The summed E-state index contributed by atoms with van der Waals surface area (Å²) in [5.74, 6) is 0.790. The number of nitrogens with zero attached hydrogens (tertiary/aromatic N) is 2. The number of likely N-dealkylation sites (tertiary alicyclic amines) is 2. The molecule has 3 unspecified atom stereocenters. The quantitative estimate of drug-likeness (QED) is 0.773. The van der Waals surface area contributed by atoms with Gasteiger partial charge in [0, 0.05) is 19.6 Å². The van der Waals surface area contributed by atoms with Crippen molar-refractivity contribution in [2.24, 2.45) is 5.92 Å². The van der Waals surface area contributed by atoms with E-state index in [0.29, 0.717) is 12.5 Å². The Hall–Kier alpha value is -1.14. The number of carbonyl (C=O) groups is 2. The van der Waals surface area contributed by atoms with Gasteiger partial charge < -0.3 is 15.5 Å².